The second-order valence-electron chi connectivity index (χ2n) is 6.69. The Bertz CT molecular complexity index is 1080. The van der Waals surface area contributed by atoms with Gasteiger partial charge in [0.05, 0.1) is 6.54 Å². The lowest BCUT2D eigenvalue weighted by atomic mass is 10.2. The Kier molecular flexibility index (Phi) is 4.23. The highest BCUT2D eigenvalue weighted by Gasteiger charge is 2.12. The maximum Gasteiger partial charge on any atom is 0.255 e. The Morgan fingerprint density at radius 1 is 1.11 bits per heavy atom. The first-order valence-corrected chi connectivity index (χ1v) is 8.65. The van der Waals surface area contributed by atoms with Gasteiger partial charge in [-0.25, -0.2) is 4.98 Å². The van der Waals surface area contributed by atoms with Crippen LogP contribution < -0.4 is 9.64 Å². The molecule has 0 amide bonds. The maximum absolute atomic E-state index is 6.01. The second-order valence-corrected chi connectivity index (χ2v) is 6.69. The molecule has 0 aliphatic rings. The molecule has 0 saturated carbocycles. The minimum atomic E-state index is 0.503. The highest BCUT2D eigenvalue weighted by molar-refractivity contribution is 5.46. The number of hydrogen-bond acceptors (Lipinski definition) is 6. The molecule has 3 aromatic heterocycles. The van der Waals surface area contributed by atoms with Crippen LogP contribution in [0.4, 0.5) is 5.69 Å². The van der Waals surface area contributed by atoms with Gasteiger partial charge in [0.2, 0.25) is 11.8 Å². The van der Waals surface area contributed by atoms with Crippen LogP contribution in [0.5, 0.6) is 11.8 Å². The average Bonchev–Trinajstić information content (AvgIpc) is 3.22. The zero-order valence-electron chi connectivity index (χ0n) is 15.8. The fraction of sp³-hybridized carbons (Fsp3) is 0.263. The van der Waals surface area contributed by atoms with Crippen molar-refractivity contribution in [1.29, 1.82) is 0 Å². The maximum atomic E-state index is 6.01. The van der Waals surface area contributed by atoms with Crippen molar-refractivity contribution in [3.8, 4) is 11.8 Å². The molecule has 0 aliphatic heterocycles. The molecular weight excluding hydrogens is 342 g/mol. The molecule has 0 N–H and O–H groups in total. The van der Waals surface area contributed by atoms with E-state index in [9.17, 15) is 0 Å². The van der Waals surface area contributed by atoms with Crippen molar-refractivity contribution in [2.24, 2.45) is 0 Å². The van der Waals surface area contributed by atoms with Gasteiger partial charge in [0.25, 0.3) is 5.78 Å². The molecule has 0 saturated heterocycles. The highest BCUT2D eigenvalue weighted by Crippen LogP contribution is 2.24. The number of aryl methyl sites for hydroxylation is 2. The molecule has 3 heterocycles. The van der Waals surface area contributed by atoms with E-state index in [1.54, 1.807) is 4.52 Å². The van der Waals surface area contributed by atoms with E-state index in [4.69, 9.17) is 4.74 Å². The Morgan fingerprint density at radius 3 is 2.63 bits per heavy atom. The molecule has 4 rings (SSSR count). The van der Waals surface area contributed by atoms with E-state index in [1.807, 2.05) is 44.9 Å². The largest absolute Gasteiger partial charge is 0.419 e. The Labute approximate surface area is 157 Å². The van der Waals surface area contributed by atoms with E-state index >= 15 is 0 Å². The summed E-state index contributed by atoms with van der Waals surface area (Å²) in [6, 6.07) is 10.2. The van der Waals surface area contributed by atoms with E-state index in [2.05, 4.69) is 49.3 Å². The lowest BCUT2D eigenvalue weighted by Gasteiger charge is -2.12. The van der Waals surface area contributed by atoms with Gasteiger partial charge < -0.3 is 9.64 Å². The summed E-state index contributed by atoms with van der Waals surface area (Å²) in [7, 11) is 4.06. The number of hydrogen-bond donors (Lipinski definition) is 0. The minimum absolute atomic E-state index is 0.503. The van der Waals surface area contributed by atoms with Crippen LogP contribution in [0, 0.1) is 13.8 Å². The molecule has 0 fully saturated rings. The molecular formula is C19H21N7O. The fourth-order valence-corrected chi connectivity index (χ4v) is 2.84. The number of ether oxygens (including phenoxy) is 1. The Morgan fingerprint density at radius 2 is 1.89 bits per heavy atom. The van der Waals surface area contributed by atoms with E-state index < -0.39 is 0 Å². The summed E-state index contributed by atoms with van der Waals surface area (Å²) in [5.74, 6) is 1.59. The van der Waals surface area contributed by atoms with Gasteiger partial charge in [-0.1, -0.05) is 12.1 Å². The first kappa shape index (κ1) is 17.0. The number of fused-ring (bicyclic) bond motifs is 1. The van der Waals surface area contributed by atoms with Crippen molar-refractivity contribution in [2.45, 2.75) is 20.4 Å². The second kappa shape index (κ2) is 6.71. The Balaban J connectivity index is 1.57. The predicted octanol–water partition coefficient (Wildman–Crippen LogP) is 2.84. The summed E-state index contributed by atoms with van der Waals surface area (Å²) in [6.45, 7) is 4.54. The quantitative estimate of drug-likeness (QED) is 0.543. The molecule has 27 heavy (non-hydrogen) atoms. The summed E-state index contributed by atoms with van der Waals surface area (Å²) in [6.07, 6.45) is 3.43. The van der Waals surface area contributed by atoms with Crippen molar-refractivity contribution in [3.05, 3.63) is 59.7 Å². The van der Waals surface area contributed by atoms with Gasteiger partial charge in [-0.15, -0.1) is 5.10 Å². The molecule has 0 radical (unpaired) electrons. The molecule has 0 unspecified atom stereocenters. The average molecular weight is 363 g/mol. The third-order valence-electron chi connectivity index (χ3n) is 4.25. The summed E-state index contributed by atoms with van der Waals surface area (Å²) >= 11 is 0. The van der Waals surface area contributed by atoms with Crippen molar-refractivity contribution in [1.82, 2.24) is 29.4 Å². The number of benzene rings is 1. The van der Waals surface area contributed by atoms with E-state index in [-0.39, 0.29) is 0 Å². The monoisotopic (exact) mass is 363 g/mol. The topological polar surface area (TPSA) is 73.4 Å². The van der Waals surface area contributed by atoms with E-state index in [0.29, 0.717) is 24.1 Å². The summed E-state index contributed by atoms with van der Waals surface area (Å²) in [4.78, 5) is 10.5. The van der Waals surface area contributed by atoms with Crippen LogP contribution in [-0.2, 0) is 6.54 Å². The molecule has 8 nitrogen and oxygen atoms in total. The van der Waals surface area contributed by atoms with E-state index in [1.165, 1.54) is 17.6 Å². The Hall–Kier alpha value is -3.42. The van der Waals surface area contributed by atoms with Crippen molar-refractivity contribution in [2.75, 3.05) is 19.0 Å². The standard InChI is InChI=1S/C19H21N7O/c1-13-10-25(11-15-5-7-16(8-6-15)24(3)4)23-18(13)27-17-9-14(2)22-19-20-12-21-26(17)19/h5-10,12H,11H2,1-4H3. The van der Waals surface area contributed by atoms with Crippen LogP contribution in [-0.4, -0.2) is 43.5 Å². The number of rotatable bonds is 5. The molecule has 4 aromatic rings. The number of anilines is 1. The zero-order valence-corrected chi connectivity index (χ0v) is 15.8. The number of nitrogens with zero attached hydrogens (tertiary/aromatic N) is 7. The van der Waals surface area contributed by atoms with Crippen LogP contribution >= 0.6 is 0 Å². The van der Waals surface area contributed by atoms with Crippen molar-refractivity contribution >= 4 is 11.5 Å². The SMILES string of the molecule is Cc1cc(Oc2nn(Cc3ccc(N(C)C)cc3)cc2C)n2ncnc2n1. The number of aromatic nitrogens is 6. The van der Waals surface area contributed by atoms with Gasteiger partial charge in [0.15, 0.2) is 0 Å². The molecule has 0 aliphatic carbocycles. The van der Waals surface area contributed by atoms with Gasteiger partial charge in [0, 0.05) is 43.3 Å². The highest BCUT2D eigenvalue weighted by atomic mass is 16.5. The lowest BCUT2D eigenvalue weighted by Crippen LogP contribution is -2.08. The van der Waals surface area contributed by atoms with E-state index in [0.717, 1.165) is 11.3 Å². The van der Waals surface area contributed by atoms with Gasteiger partial charge in [-0.3, -0.25) is 4.68 Å². The normalized spacial score (nSPS) is 11.1. The smallest absolute Gasteiger partial charge is 0.255 e. The van der Waals surface area contributed by atoms with Gasteiger partial charge >= 0.3 is 0 Å². The van der Waals surface area contributed by atoms with Crippen molar-refractivity contribution in [3.63, 3.8) is 0 Å². The third-order valence-corrected chi connectivity index (χ3v) is 4.25. The van der Waals surface area contributed by atoms with Crippen LogP contribution in [0.3, 0.4) is 0 Å². The van der Waals surface area contributed by atoms with Crippen molar-refractivity contribution < 1.29 is 4.74 Å². The third kappa shape index (κ3) is 3.46. The molecule has 8 heteroatoms. The molecule has 0 bridgehead atoms. The summed E-state index contributed by atoms with van der Waals surface area (Å²) < 4.78 is 9.45. The lowest BCUT2D eigenvalue weighted by molar-refractivity contribution is 0.417. The zero-order chi connectivity index (χ0) is 19.0. The molecule has 1 aromatic carbocycles. The first-order chi connectivity index (χ1) is 13.0. The van der Waals surface area contributed by atoms with Crippen LogP contribution in [0.15, 0.2) is 42.9 Å². The fourth-order valence-electron chi connectivity index (χ4n) is 2.84. The van der Waals surface area contributed by atoms with Crippen LogP contribution in [0.1, 0.15) is 16.8 Å². The molecule has 0 atom stereocenters. The first-order valence-electron chi connectivity index (χ1n) is 8.65. The van der Waals surface area contributed by atoms with Crippen LogP contribution in [0.2, 0.25) is 0 Å². The summed E-state index contributed by atoms with van der Waals surface area (Å²) in [5.41, 5.74) is 4.10. The predicted molar refractivity (Wildman–Crippen MR) is 102 cm³/mol. The van der Waals surface area contributed by atoms with Crippen LogP contribution in [0.25, 0.3) is 5.78 Å². The van der Waals surface area contributed by atoms with Gasteiger partial charge in [-0.2, -0.15) is 14.6 Å². The molecule has 0 spiro atoms. The van der Waals surface area contributed by atoms with Gasteiger partial charge in [-0.05, 0) is 31.5 Å². The molecule has 138 valence electrons. The van der Waals surface area contributed by atoms with Gasteiger partial charge in [0.1, 0.15) is 6.33 Å². The minimum Gasteiger partial charge on any atom is -0.419 e. The summed E-state index contributed by atoms with van der Waals surface area (Å²) in [5, 5.41) is 8.74.